The van der Waals surface area contributed by atoms with Gasteiger partial charge in [0, 0.05) is 55.7 Å². The zero-order valence-corrected chi connectivity index (χ0v) is 22.4. The number of nitrogens with one attached hydrogen (secondary N) is 1. The molecule has 0 bridgehead atoms. The van der Waals surface area contributed by atoms with E-state index in [2.05, 4.69) is 27.0 Å². The van der Waals surface area contributed by atoms with E-state index in [1.165, 1.54) is 30.3 Å². The number of carbonyl (C=O) groups excluding carboxylic acids is 1. The van der Waals surface area contributed by atoms with Gasteiger partial charge in [0.1, 0.15) is 5.82 Å². The molecular formula is C28H24ClF6N5O. The van der Waals surface area contributed by atoms with Crippen LogP contribution in [0.25, 0.3) is 0 Å². The second-order valence-electron chi connectivity index (χ2n) is 9.50. The molecule has 3 aromatic rings. The predicted octanol–water partition coefficient (Wildman–Crippen LogP) is 5.75. The van der Waals surface area contributed by atoms with Crippen molar-refractivity contribution in [1.82, 2.24) is 14.8 Å². The summed E-state index contributed by atoms with van der Waals surface area (Å²) in [6.45, 7) is 2.93. The van der Waals surface area contributed by atoms with Crippen molar-refractivity contribution < 1.29 is 31.1 Å². The van der Waals surface area contributed by atoms with Gasteiger partial charge in [0.2, 0.25) is 0 Å². The Labute approximate surface area is 237 Å². The second kappa shape index (κ2) is 12.0. The lowest BCUT2D eigenvalue weighted by Crippen LogP contribution is -2.44. The fourth-order valence-corrected chi connectivity index (χ4v) is 4.30. The maximum Gasteiger partial charge on any atom is 0.417 e. The van der Waals surface area contributed by atoms with Gasteiger partial charge in [-0.05, 0) is 49.0 Å². The molecule has 2 heterocycles. The van der Waals surface area contributed by atoms with Crippen molar-refractivity contribution in [3.05, 3.63) is 87.1 Å². The largest absolute Gasteiger partial charge is 0.417 e. The molecule has 0 aliphatic carbocycles. The van der Waals surface area contributed by atoms with E-state index in [0.29, 0.717) is 19.3 Å². The minimum Gasteiger partial charge on any atom is -0.383 e. The highest BCUT2D eigenvalue weighted by molar-refractivity contribution is 6.32. The molecule has 1 aliphatic heterocycles. The molecule has 0 spiro atoms. The van der Waals surface area contributed by atoms with Crippen molar-refractivity contribution in [2.24, 2.45) is 0 Å². The van der Waals surface area contributed by atoms with Crippen molar-refractivity contribution in [3.8, 4) is 11.8 Å². The molecule has 41 heavy (non-hydrogen) atoms. The number of pyridine rings is 1. The number of hydrogen-bond donors (Lipinski definition) is 2. The standard InChI is InChI=1S/C28H24ClF6N5O/c1-39-8-10-40(11-9-39)16-20-4-6-22(14-23(20)28(33,34)35)38-26(41)19-5-7-24(29)17(12-19)2-3-18-13-21(27(30,31)32)15-37-25(18)36/h4-7,12-15H,8-11,16H2,1H3,(H2,36,37)(H,38,41). The number of aromatic nitrogens is 1. The highest BCUT2D eigenvalue weighted by Gasteiger charge is 2.34. The summed E-state index contributed by atoms with van der Waals surface area (Å²) in [5, 5.41) is 2.55. The minimum absolute atomic E-state index is 0.0175. The number of amides is 1. The number of rotatable bonds is 4. The van der Waals surface area contributed by atoms with Crippen LogP contribution in [0.2, 0.25) is 5.02 Å². The summed E-state index contributed by atoms with van der Waals surface area (Å²) in [4.78, 5) is 20.5. The van der Waals surface area contributed by atoms with Gasteiger partial charge in [-0.3, -0.25) is 9.69 Å². The van der Waals surface area contributed by atoms with E-state index < -0.39 is 29.4 Å². The monoisotopic (exact) mass is 595 g/mol. The zero-order chi connectivity index (χ0) is 29.9. The Balaban J connectivity index is 1.55. The number of anilines is 2. The number of nitrogen functional groups attached to an aromatic ring is 1. The Morgan fingerprint density at radius 1 is 0.976 bits per heavy atom. The first-order chi connectivity index (χ1) is 19.2. The summed E-state index contributed by atoms with van der Waals surface area (Å²) in [5.41, 5.74) is 3.73. The van der Waals surface area contributed by atoms with E-state index in [4.69, 9.17) is 17.3 Å². The molecule has 6 nitrogen and oxygen atoms in total. The second-order valence-corrected chi connectivity index (χ2v) is 9.91. The number of piperazine rings is 1. The Morgan fingerprint density at radius 2 is 1.66 bits per heavy atom. The van der Waals surface area contributed by atoms with Crippen molar-refractivity contribution in [2.75, 3.05) is 44.3 Å². The quantitative estimate of drug-likeness (QED) is 0.297. The third-order valence-electron chi connectivity index (χ3n) is 6.47. The molecule has 1 aliphatic rings. The number of halogens is 7. The molecule has 0 radical (unpaired) electrons. The number of nitrogens with zero attached hydrogens (tertiary/aromatic N) is 3. The summed E-state index contributed by atoms with van der Waals surface area (Å²) in [5.74, 6) is 4.10. The van der Waals surface area contributed by atoms with E-state index >= 15 is 0 Å². The van der Waals surface area contributed by atoms with Crippen LogP contribution >= 0.6 is 11.6 Å². The Morgan fingerprint density at radius 3 is 2.32 bits per heavy atom. The average Bonchev–Trinajstić information content (AvgIpc) is 2.90. The smallest absolute Gasteiger partial charge is 0.383 e. The maximum atomic E-state index is 13.9. The third-order valence-corrected chi connectivity index (χ3v) is 6.80. The first-order valence-corrected chi connectivity index (χ1v) is 12.6. The summed E-state index contributed by atoms with van der Waals surface area (Å²) >= 11 is 6.15. The maximum absolute atomic E-state index is 13.9. The fourth-order valence-electron chi connectivity index (χ4n) is 4.13. The van der Waals surface area contributed by atoms with Gasteiger partial charge in [0.15, 0.2) is 0 Å². The van der Waals surface area contributed by atoms with Crippen molar-refractivity contribution in [2.45, 2.75) is 18.9 Å². The van der Waals surface area contributed by atoms with Crippen molar-refractivity contribution in [3.63, 3.8) is 0 Å². The molecular weight excluding hydrogens is 572 g/mol. The fraction of sp³-hybridized carbons (Fsp3) is 0.286. The number of benzene rings is 2. The van der Waals surface area contributed by atoms with Crippen LogP contribution in [0.3, 0.4) is 0 Å². The molecule has 1 fully saturated rings. The SMILES string of the molecule is CN1CCN(Cc2ccc(NC(=O)c3ccc(Cl)c(C#Cc4cc(C(F)(F)F)cnc4N)c3)cc2C(F)(F)F)CC1. The lowest BCUT2D eigenvalue weighted by atomic mass is 10.0. The molecule has 1 saturated heterocycles. The minimum atomic E-state index is -4.65. The van der Waals surface area contributed by atoms with Gasteiger partial charge >= 0.3 is 12.4 Å². The van der Waals surface area contributed by atoms with E-state index in [9.17, 15) is 31.1 Å². The molecule has 4 rings (SSSR count). The number of carbonyl (C=O) groups is 1. The number of nitrogens with two attached hydrogens (primary N) is 1. The predicted molar refractivity (Wildman–Crippen MR) is 143 cm³/mol. The number of likely N-dealkylation sites (N-methyl/N-ethyl adjacent to an activating group) is 1. The van der Waals surface area contributed by atoms with Crippen molar-refractivity contribution in [1.29, 1.82) is 0 Å². The molecule has 13 heteroatoms. The summed E-state index contributed by atoms with van der Waals surface area (Å²) in [7, 11) is 1.95. The van der Waals surface area contributed by atoms with Crippen LogP contribution in [0, 0.1) is 11.8 Å². The van der Waals surface area contributed by atoms with Gasteiger partial charge in [0.05, 0.1) is 21.7 Å². The van der Waals surface area contributed by atoms with E-state index in [1.54, 1.807) is 0 Å². The third kappa shape index (κ3) is 7.70. The van der Waals surface area contributed by atoms with Crippen LogP contribution in [0.1, 0.15) is 38.2 Å². The van der Waals surface area contributed by atoms with Crippen LogP contribution in [0.15, 0.2) is 48.7 Å². The molecule has 0 atom stereocenters. The number of alkyl halides is 6. The Kier molecular flexibility index (Phi) is 8.82. The molecule has 0 saturated carbocycles. The van der Waals surface area contributed by atoms with Crippen LogP contribution in [0.4, 0.5) is 37.8 Å². The Bertz CT molecular complexity index is 1500. The van der Waals surface area contributed by atoms with Crippen molar-refractivity contribution >= 4 is 29.0 Å². The summed E-state index contributed by atoms with van der Waals surface area (Å²) in [6.07, 6.45) is -8.70. The van der Waals surface area contributed by atoms with Crippen LogP contribution in [0.5, 0.6) is 0 Å². The molecule has 3 N–H and O–H groups in total. The van der Waals surface area contributed by atoms with E-state index in [0.717, 1.165) is 25.2 Å². The zero-order valence-electron chi connectivity index (χ0n) is 21.6. The summed E-state index contributed by atoms with van der Waals surface area (Å²) in [6, 6.07) is 8.34. The van der Waals surface area contributed by atoms with Gasteiger partial charge in [-0.25, -0.2) is 4.98 Å². The van der Waals surface area contributed by atoms with Gasteiger partial charge in [-0.1, -0.05) is 29.5 Å². The van der Waals surface area contributed by atoms with Gasteiger partial charge in [-0.2, -0.15) is 26.3 Å². The highest BCUT2D eigenvalue weighted by Crippen LogP contribution is 2.35. The molecule has 0 unspecified atom stereocenters. The van der Waals surface area contributed by atoms with Crippen LogP contribution in [-0.4, -0.2) is 53.9 Å². The van der Waals surface area contributed by atoms with E-state index in [1.807, 2.05) is 11.9 Å². The van der Waals surface area contributed by atoms with E-state index in [-0.39, 0.29) is 45.3 Å². The summed E-state index contributed by atoms with van der Waals surface area (Å²) < 4.78 is 80.8. The molecule has 1 amide bonds. The normalized spacial score (nSPS) is 14.8. The topological polar surface area (TPSA) is 74.5 Å². The first kappa shape index (κ1) is 30.2. The molecule has 1 aromatic heterocycles. The Hall–Kier alpha value is -3.79. The molecule has 216 valence electrons. The molecule has 2 aromatic carbocycles. The van der Waals surface area contributed by atoms with Crippen LogP contribution in [-0.2, 0) is 18.9 Å². The average molecular weight is 596 g/mol. The lowest BCUT2D eigenvalue weighted by Gasteiger charge is -2.33. The first-order valence-electron chi connectivity index (χ1n) is 12.3. The lowest BCUT2D eigenvalue weighted by molar-refractivity contribution is -0.139. The highest BCUT2D eigenvalue weighted by atomic mass is 35.5. The van der Waals surface area contributed by atoms with Gasteiger partial charge < -0.3 is 16.0 Å². The van der Waals surface area contributed by atoms with Crippen LogP contribution < -0.4 is 11.1 Å². The number of hydrogen-bond acceptors (Lipinski definition) is 5. The van der Waals surface area contributed by atoms with Gasteiger partial charge in [-0.15, -0.1) is 0 Å². The van der Waals surface area contributed by atoms with Gasteiger partial charge in [0.25, 0.3) is 5.91 Å².